The number of hydrogen-bond donors (Lipinski definition) is 3. The fraction of sp³-hybridized carbons (Fsp3) is 0.533. The van der Waals surface area contributed by atoms with Gasteiger partial charge in [-0.05, 0) is 31.7 Å². The Bertz CT molecular complexity index is 565. The standard InChI is InChI=1S/C15H22N4O3.ClH/c1-15(10-16,11-6-7-11)18-14(20)8-9-17-12-4-2-3-5-13(12)19(21)22;/h2-5,11,17H,6-10,16H2,1H3,(H,18,20);1H. The maximum Gasteiger partial charge on any atom is 0.292 e. The fourth-order valence-electron chi connectivity index (χ4n) is 2.51. The lowest BCUT2D eigenvalue weighted by molar-refractivity contribution is -0.384. The van der Waals surface area contributed by atoms with Gasteiger partial charge in [-0.25, -0.2) is 0 Å². The maximum atomic E-state index is 12.0. The Labute approximate surface area is 141 Å². The third kappa shape index (κ3) is 5.07. The van der Waals surface area contributed by atoms with E-state index in [0.717, 1.165) is 12.8 Å². The number of nitrogens with one attached hydrogen (secondary N) is 2. The second-order valence-electron chi connectivity index (χ2n) is 5.90. The van der Waals surface area contributed by atoms with Gasteiger partial charge in [0.1, 0.15) is 5.69 Å². The van der Waals surface area contributed by atoms with Crippen LogP contribution in [0, 0.1) is 16.0 Å². The van der Waals surface area contributed by atoms with Crippen LogP contribution < -0.4 is 16.4 Å². The first kappa shape index (κ1) is 19.2. The van der Waals surface area contributed by atoms with E-state index in [-0.39, 0.29) is 36.0 Å². The van der Waals surface area contributed by atoms with Gasteiger partial charge in [0, 0.05) is 25.6 Å². The number of rotatable bonds is 8. The lowest BCUT2D eigenvalue weighted by Crippen LogP contribution is -2.53. The summed E-state index contributed by atoms with van der Waals surface area (Å²) in [5, 5.41) is 16.8. The minimum absolute atomic E-state index is 0. The minimum atomic E-state index is -0.443. The number of anilines is 1. The molecule has 1 aromatic carbocycles. The van der Waals surface area contributed by atoms with Gasteiger partial charge in [-0.1, -0.05) is 12.1 Å². The van der Waals surface area contributed by atoms with E-state index in [0.29, 0.717) is 24.7 Å². The predicted octanol–water partition coefficient (Wildman–Crippen LogP) is 2.06. The Morgan fingerprint density at radius 1 is 1.43 bits per heavy atom. The highest BCUT2D eigenvalue weighted by Gasteiger charge is 2.41. The lowest BCUT2D eigenvalue weighted by Gasteiger charge is -2.29. The van der Waals surface area contributed by atoms with Crippen molar-refractivity contribution < 1.29 is 9.72 Å². The number of nitrogens with two attached hydrogens (primary N) is 1. The Hall–Kier alpha value is -1.86. The number of nitro groups is 1. The van der Waals surface area contributed by atoms with Gasteiger partial charge in [0.05, 0.1) is 10.5 Å². The molecule has 0 radical (unpaired) electrons. The van der Waals surface area contributed by atoms with Gasteiger partial charge >= 0.3 is 0 Å². The van der Waals surface area contributed by atoms with E-state index >= 15 is 0 Å². The summed E-state index contributed by atoms with van der Waals surface area (Å²) in [6.07, 6.45) is 2.44. The normalized spacial score (nSPS) is 15.9. The molecule has 1 amide bonds. The van der Waals surface area contributed by atoms with Gasteiger partial charge in [-0.15, -0.1) is 12.4 Å². The summed E-state index contributed by atoms with van der Waals surface area (Å²) in [4.78, 5) is 22.5. The van der Waals surface area contributed by atoms with E-state index in [4.69, 9.17) is 5.73 Å². The number of carbonyl (C=O) groups excluding carboxylic acids is 1. The highest BCUT2D eigenvalue weighted by molar-refractivity contribution is 5.85. The Balaban J connectivity index is 0.00000264. The smallest absolute Gasteiger partial charge is 0.292 e. The molecule has 1 fully saturated rings. The molecule has 2 rings (SSSR count). The van der Waals surface area contributed by atoms with Gasteiger partial charge in [-0.3, -0.25) is 14.9 Å². The van der Waals surface area contributed by atoms with Crippen LogP contribution in [0.3, 0.4) is 0 Å². The van der Waals surface area contributed by atoms with Crippen molar-refractivity contribution in [3.05, 3.63) is 34.4 Å². The first-order chi connectivity index (χ1) is 10.5. The number of amides is 1. The first-order valence-electron chi connectivity index (χ1n) is 7.44. The summed E-state index contributed by atoms with van der Waals surface area (Å²) in [5.74, 6) is 0.371. The SMILES string of the molecule is CC(CN)(NC(=O)CCNc1ccccc1[N+](=O)[O-])C1CC1.Cl. The van der Waals surface area contributed by atoms with E-state index in [9.17, 15) is 14.9 Å². The van der Waals surface area contributed by atoms with Crippen molar-refractivity contribution in [1.29, 1.82) is 0 Å². The summed E-state index contributed by atoms with van der Waals surface area (Å²) in [6, 6.07) is 6.39. The van der Waals surface area contributed by atoms with Crippen LogP contribution in [0.15, 0.2) is 24.3 Å². The summed E-state index contributed by atoms with van der Waals surface area (Å²) in [7, 11) is 0. The molecular formula is C15H23ClN4O3. The van der Waals surface area contributed by atoms with Crippen LogP contribution >= 0.6 is 12.4 Å². The third-order valence-corrected chi connectivity index (χ3v) is 4.10. The molecule has 8 heteroatoms. The van der Waals surface area contributed by atoms with Crippen molar-refractivity contribution >= 4 is 29.7 Å². The Kier molecular flexibility index (Phi) is 6.78. The zero-order valence-electron chi connectivity index (χ0n) is 13.1. The van der Waals surface area contributed by atoms with Gasteiger partial charge in [0.25, 0.3) is 5.69 Å². The average Bonchev–Trinajstić information content (AvgIpc) is 3.32. The highest BCUT2D eigenvalue weighted by Crippen LogP contribution is 2.38. The van der Waals surface area contributed by atoms with E-state index in [1.54, 1.807) is 18.2 Å². The second kappa shape index (κ2) is 8.12. The number of benzene rings is 1. The summed E-state index contributed by atoms with van der Waals surface area (Å²) < 4.78 is 0. The summed E-state index contributed by atoms with van der Waals surface area (Å²) in [5.41, 5.74) is 5.85. The van der Waals surface area contributed by atoms with Crippen LogP contribution in [-0.4, -0.2) is 29.5 Å². The molecule has 4 N–H and O–H groups in total. The van der Waals surface area contributed by atoms with Crippen LogP contribution in [-0.2, 0) is 4.79 Å². The van der Waals surface area contributed by atoms with Crippen molar-refractivity contribution in [1.82, 2.24) is 5.32 Å². The van der Waals surface area contributed by atoms with Crippen molar-refractivity contribution in [3.8, 4) is 0 Å². The van der Waals surface area contributed by atoms with Crippen molar-refractivity contribution in [3.63, 3.8) is 0 Å². The number of halogens is 1. The summed E-state index contributed by atoms with van der Waals surface area (Å²) in [6.45, 7) is 2.72. The molecule has 0 aromatic heterocycles. The van der Waals surface area contributed by atoms with Gasteiger partial charge in [-0.2, -0.15) is 0 Å². The molecule has 1 aromatic rings. The minimum Gasteiger partial charge on any atom is -0.379 e. The molecular weight excluding hydrogens is 320 g/mol. The number of para-hydroxylation sites is 2. The van der Waals surface area contributed by atoms with Crippen LogP contribution in [0.4, 0.5) is 11.4 Å². The quantitative estimate of drug-likeness (QED) is 0.494. The number of carbonyl (C=O) groups is 1. The largest absolute Gasteiger partial charge is 0.379 e. The van der Waals surface area contributed by atoms with Crippen molar-refractivity contribution in [2.45, 2.75) is 31.7 Å². The lowest BCUT2D eigenvalue weighted by atomic mass is 9.96. The van der Waals surface area contributed by atoms with Crippen LogP contribution in [0.2, 0.25) is 0 Å². The molecule has 23 heavy (non-hydrogen) atoms. The predicted molar refractivity (Wildman–Crippen MR) is 91.8 cm³/mol. The van der Waals surface area contributed by atoms with Crippen LogP contribution in [0.1, 0.15) is 26.2 Å². The molecule has 0 spiro atoms. The van der Waals surface area contributed by atoms with Gasteiger partial charge in [0.2, 0.25) is 5.91 Å². The molecule has 1 atom stereocenters. The molecule has 1 aliphatic carbocycles. The van der Waals surface area contributed by atoms with Crippen molar-refractivity contribution in [2.75, 3.05) is 18.4 Å². The monoisotopic (exact) mass is 342 g/mol. The fourth-order valence-corrected chi connectivity index (χ4v) is 2.51. The van der Waals surface area contributed by atoms with Gasteiger partial charge in [0.15, 0.2) is 0 Å². The van der Waals surface area contributed by atoms with Crippen LogP contribution in [0.5, 0.6) is 0 Å². The first-order valence-corrected chi connectivity index (χ1v) is 7.44. The highest BCUT2D eigenvalue weighted by atomic mass is 35.5. The zero-order chi connectivity index (χ0) is 16.2. The zero-order valence-corrected chi connectivity index (χ0v) is 13.9. The Morgan fingerprint density at radius 3 is 2.65 bits per heavy atom. The summed E-state index contributed by atoms with van der Waals surface area (Å²) >= 11 is 0. The average molecular weight is 343 g/mol. The van der Waals surface area contributed by atoms with Gasteiger partial charge < -0.3 is 16.4 Å². The maximum absolute atomic E-state index is 12.0. The van der Waals surface area contributed by atoms with Crippen LogP contribution in [0.25, 0.3) is 0 Å². The molecule has 0 heterocycles. The van der Waals surface area contributed by atoms with E-state index in [1.165, 1.54) is 6.07 Å². The Morgan fingerprint density at radius 2 is 2.09 bits per heavy atom. The van der Waals surface area contributed by atoms with E-state index in [2.05, 4.69) is 10.6 Å². The van der Waals surface area contributed by atoms with E-state index < -0.39 is 4.92 Å². The number of nitro benzene ring substituents is 1. The molecule has 7 nitrogen and oxygen atoms in total. The molecule has 128 valence electrons. The molecule has 0 bridgehead atoms. The molecule has 1 aliphatic rings. The number of nitrogens with zero attached hydrogens (tertiary/aromatic N) is 1. The molecule has 1 saturated carbocycles. The number of hydrogen-bond acceptors (Lipinski definition) is 5. The van der Waals surface area contributed by atoms with Crippen molar-refractivity contribution in [2.24, 2.45) is 11.7 Å². The molecule has 0 aliphatic heterocycles. The van der Waals surface area contributed by atoms with E-state index in [1.807, 2.05) is 6.92 Å². The third-order valence-electron chi connectivity index (χ3n) is 4.10. The topological polar surface area (TPSA) is 110 Å². The molecule has 1 unspecified atom stereocenters. The molecule has 0 saturated heterocycles. The second-order valence-corrected chi connectivity index (χ2v) is 5.90.